The second-order valence-corrected chi connectivity index (χ2v) is 7.82. The number of anilines is 3. The van der Waals surface area contributed by atoms with E-state index in [0.717, 1.165) is 28.2 Å². The fraction of sp³-hybridized carbons (Fsp3) is 0.0667. The Bertz CT molecular complexity index is 1160. The second-order valence-electron chi connectivity index (χ2n) is 7.82. The normalized spacial score (nSPS) is 11.8. The molecule has 164 valence electrons. The molecule has 0 fully saturated rings. The van der Waals surface area contributed by atoms with Crippen LogP contribution in [-0.2, 0) is 0 Å². The van der Waals surface area contributed by atoms with E-state index in [-0.39, 0.29) is 0 Å². The van der Waals surface area contributed by atoms with Gasteiger partial charge in [0.2, 0.25) is 6.29 Å². The quantitative estimate of drug-likeness (QED) is 0.176. The molecule has 33 heavy (non-hydrogen) atoms. The van der Waals surface area contributed by atoms with Gasteiger partial charge in [0.05, 0.1) is 0 Å². The van der Waals surface area contributed by atoms with Crippen molar-refractivity contribution >= 4 is 29.2 Å². The van der Waals surface area contributed by atoms with Crippen LogP contribution in [-0.4, -0.2) is 11.4 Å². The van der Waals surface area contributed by atoms with Crippen molar-refractivity contribution in [3.63, 3.8) is 0 Å². The molecule has 0 saturated heterocycles. The first-order valence-corrected chi connectivity index (χ1v) is 10.9. The van der Waals surface area contributed by atoms with E-state index in [1.165, 1.54) is 0 Å². The molecular weight excluding hydrogens is 406 g/mol. The van der Waals surface area contributed by atoms with Crippen LogP contribution in [0.15, 0.2) is 121 Å². The second kappa shape index (κ2) is 10.5. The SMILES string of the molecule is C=C(C)C(O)Oc1ccc(C=Cc2ccc(N(c3ccccc3)c3ccccc3)cc2)cc1. The third kappa shape index (κ3) is 5.79. The van der Waals surface area contributed by atoms with Gasteiger partial charge in [-0.25, -0.2) is 0 Å². The standard InChI is InChI=1S/C30H27NO2/c1-23(2)30(32)33-29-21-17-25(18-22-29)14-13-24-15-19-28(20-16-24)31(26-9-5-3-6-10-26)27-11-7-4-8-12-27/h3-22,30,32H,1H2,2H3. The number of benzene rings is 4. The number of nitrogens with zero attached hydrogens (tertiary/aromatic N) is 1. The topological polar surface area (TPSA) is 32.7 Å². The van der Waals surface area contributed by atoms with Crippen LogP contribution in [0.1, 0.15) is 18.1 Å². The number of rotatable bonds is 8. The minimum absolute atomic E-state index is 0.570. The van der Waals surface area contributed by atoms with Crippen LogP contribution < -0.4 is 9.64 Å². The summed E-state index contributed by atoms with van der Waals surface area (Å²) in [5, 5.41) is 9.77. The van der Waals surface area contributed by atoms with Crippen LogP contribution in [0.25, 0.3) is 12.2 Å². The fourth-order valence-electron chi connectivity index (χ4n) is 3.42. The summed E-state index contributed by atoms with van der Waals surface area (Å²) in [5.41, 5.74) is 6.06. The molecule has 0 aliphatic heterocycles. The molecule has 0 heterocycles. The number of aliphatic hydroxyl groups is 1. The van der Waals surface area contributed by atoms with Crippen molar-refractivity contribution in [1.82, 2.24) is 0 Å². The van der Waals surface area contributed by atoms with Crippen LogP contribution in [0.5, 0.6) is 5.75 Å². The number of hydrogen-bond donors (Lipinski definition) is 1. The van der Waals surface area contributed by atoms with E-state index in [1.54, 1.807) is 6.92 Å². The van der Waals surface area contributed by atoms with Crippen molar-refractivity contribution in [3.8, 4) is 5.75 Å². The summed E-state index contributed by atoms with van der Waals surface area (Å²) in [6.45, 7) is 5.42. The van der Waals surface area contributed by atoms with Crippen molar-refractivity contribution in [2.45, 2.75) is 13.2 Å². The molecule has 0 saturated carbocycles. The molecule has 0 bridgehead atoms. The van der Waals surface area contributed by atoms with Crippen molar-refractivity contribution < 1.29 is 9.84 Å². The third-order valence-electron chi connectivity index (χ3n) is 5.20. The molecule has 4 aromatic carbocycles. The lowest BCUT2D eigenvalue weighted by Gasteiger charge is -2.25. The Morgan fingerprint density at radius 3 is 1.58 bits per heavy atom. The Labute approximate surface area is 195 Å². The van der Waals surface area contributed by atoms with E-state index >= 15 is 0 Å². The van der Waals surface area contributed by atoms with Gasteiger partial charge in [-0.1, -0.05) is 79.4 Å². The van der Waals surface area contributed by atoms with Gasteiger partial charge in [-0.05, 0) is 72.2 Å². The highest BCUT2D eigenvalue weighted by Gasteiger charge is 2.11. The molecule has 0 aromatic heterocycles. The van der Waals surface area contributed by atoms with Gasteiger partial charge in [-0.3, -0.25) is 0 Å². The average Bonchev–Trinajstić information content (AvgIpc) is 2.86. The maximum absolute atomic E-state index is 9.77. The van der Waals surface area contributed by atoms with E-state index in [2.05, 4.69) is 96.4 Å². The fourth-order valence-corrected chi connectivity index (χ4v) is 3.42. The van der Waals surface area contributed by atoms with Gasteiger partial charge in [0.15, 0.2) is 0 Å². The Balaban J connectivity index is 1.50. The average molecular weight is 434 g/mol. The van der Waals surface area contributed by atoms with E-state index in [9.17, 15) is 5.11 Å². The number of ether oxygens (including phenoxy) is 1. The highest BCUT2D eigenvalue weighted by atomic mass is 16.6. The van der Waals surface area contributed by atoms with Crippen molar-refractivity contribution in [2.24, 2.45) is 0 Å². The van der Waals surface area contributed by atoms with Gasteiger partial charge >= 0.3 is 0 Å². The lowest BCUT2D eigenvalue weighted by molar-refractivity contribution is 0.0151. The molecule has 4 aromatic rings. The summed E-state index contributed by atoms with van der Waals surface area (Å²) < 4.78 is 5.43. The molecule has 1 atom stereocenters. The lowest BCUT2D eigenvalue weighted by atomic mass is 10.1. The Kier molecular flexibility index (Phi) is 7.03. The van der Waals surface area contributed by atoms with E-state index in [4.69, 9.17) is 4.74 Å². The van der Waals surface area contributed by atoms with Crippen LogP contribution in [0.2, 0.25) is 0 Å². The van der Waals surface area contributed by atoms with Crippen molar-refractivity contribution in [3.05, 3.63) is 132 Å². The maximum atomic E-state index is 9.77. The predicted molar refractivity (Wildman–Crippen MR) is 138 cm³/mol. The first kappa shape index (κ1) is 22.1. The van der Waals surface area contributed by atoms with Crippen molar-refractivity contribution in [2.75, 3.05) is 4.90 Å². The molecule has 1 unspecified atom stereocenters. The molecule has 0 spiro atoms. The Hall–Kier alpha value is -4.08. The Morgan fingerprint density at radius 2 is 1.12 bits per heavy atom. The molecule has 3 nitrogen and oxygen atoms in total. The van der Waals surface area contributed by atoms with Gasteiger partial charge in [0.25, 0.3) is 0 Å². The van der Waals surface area contributed by atoms with Crippen LogP contribution >= 0.6 is 0 Å². The third-order valence-corrected chi connectivity index (χ3v) is 5.20. The first-order valence-electron chi connectivity index (χ1n) is 10.9. The smallest absolute Gasteiger partial charge is 0.219 e. The zero-order valence-corrected chi connectivity index (χ0v) is 18.6. The zero-order valence-electron chi connectivity index (χ0n) is 18.6. The minimum atomic E-state index is -0.990. The molecule has 1 N–H and O–H groups in total. The molecule has 0 amide bonds. The van der Waals surface area contributed by atoms with Crippen LogP contribution in [0.4, 0.5) is 17.1 Å². The Morgan fingerprint density at radius 1 is 0.697 bits per heavy atom. The van der Waals surface area contributed by atoms with Gasteiger partial charge in [0, 0.05) is 17.1 Å². The van der Waals surface area contributed by atoms with E-state index in [0.29, 0.717) is 11.3 Å². The summed E-state index contributed by atoms with van der Waals surface area (Å²) >= 11 is 0. The number of para-hydroxylation sites is 2. The van der Waals surface area contributed by atoms with E-state index < -0.39 is 6.29 Å². The molecule has 3 heteroatoms. The first-order chi connectivity index (χ1) is 16.1. The predicted octanol–water partition coefficient (Wildman–Crippen LogP) is 7.60. The maximum Gasteiger partial charge on any atom is 0.219 e. The summed E-state index contributed by atoms with van der Waals surface area (Å²) in [4.78, 5) is 2.24. The summed E-state index contributed by atoms with van der Waals surface area (Å²) in [6.07, 6.45) is 3.15. The summed E-state index contributed by atoms with van der Waals surface area (Å²) in [5.74, 6) is 0.605. The van der Waals surface area contributed by atoms with Crippen LogP contribution in [0, 0.1) is 0 Å². The molecule has 0 aliphatic carbocycles. The van der Waals surface area contributed by atoms with Crippen LogP contribution in [0.3, 0.4) is 0 Å². The molecule has 0 radical (unpaired) electrons. The number of hydrogen-bond acceptors (Lipinski definition) is 3. The zero-order chi connectivity index (χ0) is 23.0. The minimum Gasteiger partial charge on any atom is -0.461 e. The molecular formula is C30H27NO2. The lowest BCUT2D eigenvalue weighted by Crippen LogP contribution is -2.15. The highest BCUT2D eigenvalue weighted by Crippen LogP contribution is 2.34. The van der Waals surface area contributed by atoms with Gasteiger partial charge in [0.1, 0.15) is 5.75 Å². The number of aliphatic hydroxyl groups excluding tert-OH is 1. The molecule has 4 rings (SSSR count). The van der Waals surface area contributed by atoms with E-state index in [1.807, 2.05) is 36.4 Å². The van der Waals surface area contributed by atoms with Gasteiger partial charge in [-0.2, -0.15) is 0 Å². The summed E-state index contributed by atoms with van der Waals surface area (Å²) in [6, 6.07) is 36.8. The van der Waals surface area contributed by atoms with Crippen molar-refractivity contribution in [1.29, 1.82) is 0 Å². The summed E-state index contributed by atoms with van der Waals surface area (Å²) in [7, 11) is 0. The molecule has 0 aliphatic rings. The highest BCUT2D eigenvalue weighted by molar-refractivity contribution is 5.78. The largest absolute Gasteiger partial charge is 0.461 e. The van der Waals surface area contributed by atoms with Gasteiger partial charge < -0.3 is 14.7 Å². The monoisotopic (exact) mass is 433 g/mol. The van der Waals surface area contributed by atoms with Gasteiger partial charge in [-0.15, -0.1) is 0 Å².